The zero-order valence-corrected chi connectivity index (χ0v) is 20.4. The molecule has 0 aromatic rings. The Labute approximate surface area is 178 Å². The Bertz CT molecular complexity index is 395. The lowest BCUT2D eigenvalue weighted by molar-refractivity contribution is 0.0460. The maximum Gasteiger partial charge on any atom is 0.407 e. The molecule has 0 spiro atoms. The van der Waals surface area contributed by atoms with Crippen LogP contribution in [0, 0.1) is 0 Å². The van der Waals surface area contributed by atoms with E-state index in [4.69, 9.17) is 18.9 Å². The number of alkyl halides is 1. The Morgan fingerprint density at radius 3 is 1.46 bits per heavy atom. The summed E-state index contributed by atoms with van der Waals surface area (Å²) in [7, 11) is 3.20. The van der Waals surface area contributed by atoms with Gasteiger partial charge in [-0.15, -0.1) is 0 Å². The molecule has 0 aromatic heterocycles. The van der Waals surface area contributed by atoms with Gasteiger partial charge in [0, 0.05) is 19.5 Å². The maximum absolute atomic E-state index is 11.3. The topological polar surface area (TPSA) is 95.1 Å². The van der Waals surface area contributed by atoms with E-state index in [1.807, 2.05) is 48.5 Å². The van der Waals surface area contributed by atoms with Crippen LogP contribution in [0.5, 0.6) is 0 Å². The monoisotopic (exact) mass is 470 g/mol. The highest BCUT2D eigenvalue weighted by Crippen LogP contribution is 2.08. The minimum absolute atomic E-state index is 0.0230. The van der Waals surface area contributed by atoms with Crippen LogP contribution in [0.15, 0.2) is 0 Å². The van der Waals surface area contributed by atoms with Gasteiger partial charge in [0.25, 0.3) is 0 Å². The van der Waals surface area contributed by atoms with Gasteiger partial charge in [0.05, 0.1) is 25.3 Å². The molecule has 0 heterocycles. The van der Waals surface area contributed by atoms with Crippen LogP contribution >= 0.6 is 15.9 Å². The third kappa shape index (κ3) is 19.7. The maximum atomic E-state index is 11.3. The van der Waals surface area contributed by atoms with Gasteiger partial charge in [-0.3, -0.25) is 0 Å². The van der Waals surface area contributed by atoms with Crippen LogP contribution in [0.2, 0.25) is 0 Å². The van der Waals surface area contributed by atoms with E-state index in [1.165, 1.54) is 0 Å². The van der Waals surface area contributed by atoms with Crippen molar-refractivity contribution in [3.05, 3.63) is 0 Å². The van der Waals surface area contributed by atoms with E-state index < -0.39 is 17.3 Å². The highest BCUT2D eigenvalue weighted by Gasteiger charge is 2.19. The first-order chi connectivity index (χ1) is 12.8. The first-order valence-electron chi connectivity index (χ1n) is 9.30. The molecule has 0 saturated carbocycles. The van der Waals surface area contributed by atoms with E-state index in [2.05, 4.69) is 26.6 Å². The molecule has 0 bridgehead atoms. The number of nitrogens with one attached hydrogen (secondary N) is 2. The quantitative estimate of drug-likeness (QED) is 0.522. The van der Waals surface area contributed by atoms with Crippen molar-refractivity contribution in [3.8, 4) is 0 Å². The van der Waals surface area contributed by atoms with Crippen molar-refractivity contribution in [1.82, 2.24) is 10.6 Å². The van der Waals surface area contributed by atoms with Crippen molar-refractivity contribution < 1.29 is 28.5 Å². The van der Waals surface area contributed by atoms with Crippen molar-refractivity contribution >= 4 is 28.1 Å². The van der Waals surface area contributed by atoms with Crippen LogP contribution in [0.3, 0.4) is 0 Å². The molecular formula is C19H39BrN2O6. The normalized spacial score (nSPS) is 13.5. The van der Waals surface area contributed by atoms with Crippen LogP contribution in [-0.4, -0.2) is 68.2 Å². The number of carbonyl (C=O) groups is 2. The van der Waals surface area contributed by atoms with Crippen LogP contribution in [0.4, 0.5) is 9.59 Å². The van der Waals surface area contributed by atoms with E-state index in [1.54, 1.807) is 14.2 Å². The number of hydrogen-bond acceptors (Lipinski definition) is 6. The van der Waals surface area contributed by atoms with Crippen molar-refractivity contribution in [2.45, 2.75) is 78.2 Å². The third-order valence-electron chi connectivity index (χ3n) is 2.86. The fourth-order valence-electron chi connectivity index (χ4n) is 1.74. The summed E-state index contributed by atoms with van der Waals surface area (Å²) in [4.78, 5) is 22.6. The number of halogens is 1. The molecular weight excluding hydrogens is 432 g/mol. The molecule has 0 radical (unpaired) electrons. The number of ether oxygens (including phenoxy) is 4. The highest BCUT2D eigenvalue weighted by molar-refractivity contribution is 9.09. The molecule has 0 aliphatic rings. The lowest BCUT2D eigenvalue weighted by Crippen LogP contribution is -2.42. The van der Waals surface area contributed by atoms with Gasteiger partial charge in [-0.1, -0.05) is 22.9 Å². The lowest BCUT2D eigenvalue weighted by Gasteiger charge is -2.22. The van der Waals surface area contributed by atoms with E-state index in [9.17, 15) is 9.59 Å². The molecule has 8 nitrogen and oxygen atoms in total. The van der Waals surface area contributed by atoms with E-state index in [-0.39, 0.29) is 18.2 Å². The summed E-state index contributed by atoms with van der Waals surface area (Å²) in [5, 5.41) is 6.07. The predicted molar refractivity (Wildman–Crippen MR) is 114 cm³/mol. The molecule has 0 unspecified atom stereocenters. The van der Waals surface area contributed by atoms with E-state index in [0.29, 0.717) is 18.5 Å². The molecule has 0 aliphatic heterocycles. The number of methoxy groups -OCH3 is 2. The number of alkyl carbamates (subject to hydrolysis) is 2. The zero-order valence-electron chi connectivity index (χ0n) is 18.8. The molecule has 0 aliphatic carbocycles. The summed E-state index contributed by atoms with van der Waals surface area (Å²) in [6.45, 7) is 13.9. The molecule has 0 saturated heterocycles. The van der Waals surface area contributed by atoms with Gasteiger partial charge < -0.3 is 29.6 Å². The largest absolute Gasteiger partial charge is 0.444 e. The van der Waals surface area contributed by atoms with Gasteiger partial charge >= 0.3 is 12.2 Å². The van der Waals surface area contributed by atoms with Crippen molar-refractivity contribution in [2.24, 2.45) is 0 Å². The van der Waals surface area contributed by atoms with Gasteiger partial charge in [0.1, 0.15) is 11.2 Å². The second-order valence-corrected chi connectivity index (χ2v) is 8.81. The SMILES string of the molecule is CC[C@@H](COC)NC(=O)OC(C)(C)C.COC[C@H](CBr)NC(=O)OC(C)(C)C. The summed E-state index contributed by atoms with van der Waals surface area (Å²) >= 11 is 3.27. The standard InChI is InChI=1S/C10H21NO3.C9H18BrNO3/c1-6-8(7-13-5)11-9(12)14-10(2,3)4;1-9(2,3)14-8(12)11-7(5-10)6-13-4/h8H,6-7H2,1-5H3,(H,11,12);7H,5-6H2,1-4H3,(H,11,12)/t8-;7-/m00/s1. The minimum atomic E-state index is -0.464. The Morgan fingerprint density at radius 2 is 1.18 bits per heavy atom. The Morgan fingerprint density at radius 1 is 0.821 bits per heavy atom. The number of amides is 2. The van der Waals surface area contributed by atoms with Crippen LogP contribution in [0.1, 0.15) is 54.9 Å². The first-order valence-corrected chi connectivity index (χ1v) is 10.4. The lowest BCUT2D eigenvalue weighted by atomic mass is 10.2. The van der Waals surface area contributed by atoms with Crippen molar-refractivity contribution in [3.63, 3.8) is 0 Å². The Hall–Kier alpha value is -1.06. The van der Waals surface area contributed by atoms with Gasteiger partial charge in [-0.05, 0) is 48.0 Å². The first kappa shape index (κ1) is 29.1. The third-order valence-corrected chi connectivity index (χ3v) is 3.64. The summed E-state index contributed by atoms with van der Waals surface area (Å²) in [6, 6.07) is -0.0373. The van der Waals surface area contributed by atoms with E-state index >= 15 is 0 Å². The molecule has 2 atom stereocenters. The molecule has 168 valence electrons. The number of rotatable bonds is 8. The van der Waals surface area contributed by atoms with Gasteiger partial charge in [-0.2, -0.15) is 0 Å². The molecule has 0 aromatic carbocycles. The number of hydrogen-bond donors (Lipinski definition) is 2. The average Bonchev–Trinajstić information content (AvgIpc) is 2.51. The zero-order chi connectivity index (χ0) is 22.4. The highest BCUT2D eigenvalue weighted by atomic mass is 79.9. The smallest absolute Gasteiger partial charge is 0.407 e. The van der Waals surface area contributed by atoms with Gasteiger partial charge in [-0.25, -0.2) is 9.59 Å². The fourth-order valence-corrected chi connectivity index (χ4v) is 2.09. The van der Waals surface area contributed by atoms with E-state index in [0.717, 1.165) is 6.42 Å². The molecule has 0 rings (SSSR count). The molecule has 2 amide bonds. The summed E-state index contributed by atoms with van der Waals surface area (Å²) in [5.74, 6) is 0. The Kier molecular flexibility index (Phi) is 15.5. The Balaban J connectivity index is 0. The molecule has 28 heavy (non-hydrogen) atoms. The summed E-state index contributed by atoms with van der Waals surface area (Å²) in [6.07, 6.45) is 0.0213. The second kappa shape index (κ2) is 14.9. The summed E-state index contributed by atoms with van der Waals surface area (Å²) < 4.78 is 20.1. The fraction of sp³-hybridized carbons (Fsp3) is 0.895. The minimum Gasteiger partial charge on any atom is -0.444 e. The average molecular weight is 471 g/mol. The van der Waals surface area contributed by atoms with Crippen LogP contribution < -0.4 is 10.6 Å². The molecule has 0 fully saturated rings. The molecule has 2 N–H and O–H groups in total. The summed E-state index contributed by atoms with van der Waals surface area (Å²) in [5.41, 5.74) is -0.913. The van der Waals surface area contributed by atoms with Gasteiger partial charge in [0.2, 0.25) is 0 Å². The van der Waals surface area contributed by atoms with Crippen LogP contribution in [-0.2, 0) is 18.9 Å². The second-order valence-electron chi connectivity index (χ2n) is 8.16. The molecule has 9 heteroatoms. The number of carbonyl (C=O) groups excluding carboxylic acids is 2. The van der Waals surface area contributed by atoms with Crippen molar-refractivity contribution in [2.75, 3.05) is 32.8 Å². The van der Waals surface area contributed by atoms with Gasteiger partial charge in [0.15, 0.2) is 0 Å². The predicted octanol–water partition coefficient (Wildman–Crippen LogP) is 3.86. The van der Waals surface area contributed by atoms with Crippen LogP contribution in [0.25, 0.3) is 0 Å². The van der Waals surface area contributed by atoms with Crippen molar-refractivity contribution in [1.29, 1.82) is 0 Å².